The van der Waals surface area contributed by atoms with Crippen molar-refractivity contribution in [2.45, 2.75) is 30.2 Å². The highest BCUT2D eigenvalue weighted by molar-refractivity contribution is 7.89. The molecule has 0 radical (unpaired) electrons. The van der Waals surface area contributed by atoms with Crippen molar-refractivity contribution < 1.29 is 17.9 Å². The Morgan fingerprint density at radius 1 is 1.07 bits per heavy atom. The van der Waals surface area contributed by atoms with E-state index in [2.05, 4.69) is 5.32 Å². The van der Waals surface area contributed by atoms with E-state index >= 15 is 0 Å². The fraction of sp³-hybridized carbons (Fsp3) is 0.350. The Kier molecular flexibility index (Phi) is 6.13. The van der Waals surface area contributed by atoms with E-state index in [-0.39, 0.29) is 16.8 Å². The van der Waals surface area contributed by atoms with E-state index in [1.807, 2.05) is 30.3 Å². The fourth-order valence-electron chi connectivity index (χ4n) is 3.20. The molecule has 0 atom stereocenters. The predicted molar refractivity (Wildman–Crippen MR) is 103 cm³/mol. The number of rotatable bonds is 6. The van der Waals surface area contributed by atoms with Gasteiger partial charge in [-0.3, -0.25) is 4.79 Å². The number of piperidine rings is 1. The molecule has 0 unspecified atom stereocenters. The van der Waals surface area contributed by atoms with E-state index in [0.29, 0.717) is 38.1 Å². The van der Waals surface area contributed by atoms with Crippen LogP contribution in [0.15, 0.2) is 59.5 Å². The topological polar surface area (TPSA) is 75.7 Å². The monoisotopic (exact) mass is 388 g/mol. The zero-order chi connectivity index (χ0) is 19.3. The number of ether oxygens (including phenoxy) is 1. The van der Waals surface area contributed by atoms with Gasteiger partial charge >= 0.3 is 0 Å². The second-order valence-electron chi connectivity index (χ2n) is 6.58. The maximum Gasteiger partial charge on any atom is 0.243 e. The summed E-state index contributed by atoms with van der Waals surface area (Å²) in [4.78, 5) is 12.4. The van der Waals surface area contributed by atoms with E-state index in [0.717, 1.165) is 5.56 Å². The van der Waals surface area contributed by atoms with Gasteiger partial charge in [0.15, 0.2) is 0 Å². The third kappa shape index (κ3) is 4.87. The minimum Gasteiger partial charge on any atom is -0.497 e. The van der Waals surface area contributed by atoms with Crippen LogP contribution in [0.25, 0.3) is 0 Å². The summed E-state index contributed by atoms with van der Waals surface area (Å²) < 4.78 is 32.1. The minimum absolute atomic E-state index is 0.00327. The van der Waals surface area contributed by atoms with Gasteiger partial charge in [-0.15, -0.1) is 0 Å². The second-order valence-corrected chi connectivity index (χ2v) is 8.52. The molecule has 7 heteroatoms. The van der Waals surface area contributed by atoms with Crippen LogP contribution in [0.3, 0.4) is 0 Å². The van der Waals surface area contributed by atoms with Crippen molar-refractivity contribution in [3.8, 4) is 5.75 Å². The molecule has 0 aliphatic carbocycles. The quantitative estimate of drug-likeness (QED) is 0.823. The van der Waals surface area contributed by atoms with Crippen molar-refractivity contribution in [2.24, 2.45) is 0 Å². The highest BCUT2D eigenvalue weighted by atomic mass is 32.2. The number of sulfonamides is 1. The van der Waals surface area contributed by atoms with E-state index in [1.54, 1.807) is 31.4 Å². The van der Waals surface area contributed by atoms with Crippen molar-refractivity contribution >= 4 is 15.9 Å². The number of benzene rings is 2. The first-order valence-corrected chi connectivity index (χ1v) is 10.4. The van der Waals surface area contributed by atoms with Crippen molar-refractivity contribution in [3.05, 3.63) is 60.2 Å². The van der Waals surface area contributed by atoms with Crippen molar-refractivity contribution in [3.63, 3.8) is 0 Å². The lowest BCUT2D eigenvalue weighted by molar-refractivity contribution is -0.121. The van der Waals surface area contributed by atoms with Gasteiger partial charge in [-0.2, -0.15) is 4.31 Å². The van der Waals surface area contributed by atoms with Gasteiger partial charge in [0.05, 0.1) is 18.4 Å². The van der Waals surface area contributed by atoms with Gasteiger partial charge in [0.2, 0.25) is 15.9 Å². The van der Waals surface area contributed by atoms with Crippen LogP contribution in [0.1, 0.15) is 18.4 Å². The van der Waals surface area contributed by atoms with Crippen LogP contribution in [0.2, 0.25) is 0 Å². The molecule has 2 aromatic rings. The van der Waals surface area contributed by atoms with Crippen molar-refractivity contribution in [1.82, 2.24) is 9.62 Å². The Bertz CT molecular complexity index is 859. The van der Waals surface area contributed by atoms with Crippen LogP contribution in [-0.4, -0.2) is 44.9 Å². The van der Waals surface area contributed by atoms with Crippen LogP contribution >= 0.6 is 0 Å². The number of amides is 1. The predicted octanol–water partition coefficient (Wildman–Crippen LogP) is 2.21. The number of carbonyl (C=O) groups is 1. The minimum atomic E-state index is -3.52. The number of hydrogen-bond acceptors (Lipinski definition) is 4. The molecular weight excluding hydrogens is 364 g/mol. The number of methoxy groups -OCH3 is 1. The van der Waals surface area contributed by atoms with E-state index < -0.39 is 10.0 Å². The number of nitrogens with zero attached hydrogens (tertiary/aromatic N) is 1. The van der Waals surface area contributed by atoms with Crippen LogP contribution in [0.4, 0.5) is 0 Å². The molecule has 1 saturated heterocycles. The number of nitrogens with one attached hydrogen (secondary N) is 1. The Hall–Kier alpha value is -2.38. The molecule has 6 nitrogen and oxygen atoms in total. The normalized spacial score (nSPS) is 16.0. The number of hydrogen-bond donors (Lipinski definition) is 1. The first-order chi connectivity index (χ1) is 13.0. The third-order valence-electron chi connectivity index (χ3n) is 4.72. The maximum absolute atomic E-state index is 12.8. The number of carbonyl (C=O) groups excluding carboxylic acids is 1. The van der Waals surface area contributed by atoms with Gasteiger partial charge in [-0.05, 0) is 42.7 Å². The summed E-state index contributed by atoms with van der Waals surface area (Å²) in [5.41, 5.74) is 0.967. The third-order valence-corrected chi connectivity index (χ3v) is 6.64. The van der Waals surface area contributed by atoms with Crippen LogP contribution in [0, 0.1) is 0 Å². The Morgan fingerprint density at radius 3 is 2.30 bits per heavy atom. The second kappa shape index (κ2) is 8.54. The highest BCUT2D eigenvalue weighted by Crippen LogP contribution is 2.22. The lowest BCUT2D eigenvalue weighted by Crippen LogP contribution is -2.46. The summed E-state index contributed by atoms with van der Waals surface area (Å²) in [7, 11) is -1.98. The summed E-state index contributed by atoms with van der Waals surface area (Å²) in [6.45, 7) is 0.787. The summed E-state index contributed by atoms with van der Waals surface area (Å²) in [5.74, 6) is 0.589. The zero-order valence-corrected chi connectivity index (χ0v) is 16.1. The fourth-order valence-corrected chi connectivity index (χ4v) is 4.67. The average Bonchev–Trinajstić information content (AvgIpc) is 2.69. The molecule has 0 spiro atoms. The maximum atomic E-state index is 12.8. The molecule has 27 heavy (non-hydrogen) atoms. The smallest absolute Gasteiger partial charge is 0.243 e. The molecular formula is C20H24N2O4S. The molecule has 1 N–H and O–H groups in total. The van der Waals surface area contributed by atoms with Gasteiger partial charge < -0.3 is 10.1 Å². The van der Waals surface area contributed by atoms with E-state index in [1.165, 1.54) is 4.31 Å². The Balaban J connectivity index is 1.54. The first kappa shape index (κ1) is 19.4. The lowest BCUT2D eigenvalue weighted by Gasteiger charge is -2.31. The van der Waals surface area contributed by atoms with Crippen LogP contribution < -0.4 is 10.1 Å². The molecule has 0 bridgehead atoms. The zero-order valence-electron chi connectivity index (χ0n) is 15.3. The Labute approximate surface area is 160 Å². The summed E-state index contributed by atoms with van der Waals surface area (Å²) >= 11 is 0. The molecule has 3 rings (SSSR count). The van der Waals surface area contributed by atoms with E-state index in [4.69, 9.17) is 4.74 Å². The summed E-state index contributed by atoms with van der Waals surface area (Å²) in [6.07, 6.45) is 1.55. The molecule has 0 aromatic heterocycles. The Morgan fingerprint density at radius 2 is 1.70 bits per heavy atom. The molecule has 0 saturated carbocycles. The van der Waals surface area contributed by atoms with Gasteiger partial charge in [-0.1, -0.05) is 30.3 Å². The largest absolute Gasteiger partial charge is 0.497 e. The molecule has 1 amide bonds. The molecule has 1 aliphatic heterocycles. The standard InChI is InChI=1S/C20H24N2O4S/c1-26-18-7-9-19(10-8-18)27(24,25)22-13-11-17(12-14-22)21-20(23)15-16-5-3-2-4-6-16/h2-10,17H,11-15H2,1H3,(H,21,23). The molecule has 2 aromatic carbocycles. The van der Waals surface area contributed by atoms with Crippen molar-refractivity contribution in [2.75, 3.05) is 20.2 Å². The molecule has 144 valence electrons. The van der Waals surface area contributed by atoms with Crippen molar-refractivity contribution in [1.29, 1.82) is 0 Å². The molecule has 1 aliphatic rings. The SMILES string of the molecule is COc1ccc(S(=O)(=O)N2CCC(NC(=O)Cc3ccccc3)CC2)cc1. The van der Waals surface area contributed by atoms with Gasteiger partial charge in [0, 0.05) is 19.1 Å². The average molecular weight is 388 g/mol. The summed E-state index contributed by atoms with van der Waals surface area (Å²) in [5, 5.41) is 3.02. The first-order valence-electron chi connectivity index (χ1n) is 8.96. The van der Waals surface area contributed by atoms with Gasteiger partial charge in [0.1, 0.15) is 5.75 Å². The van der Waals surface area contributed by atoms with E-state index in [9.17, 15) is 13.2 Å². The van der Waals surface area contributed by atoms with Gasteiger partial charge in [-0.25, -0.2) is 8.42 Å². The van der Waals surface area contributed by atoms with Crippen LogP contribution in [-0.2, 0) is 21.2 Å². The lowest BCUT2D eigenvalue weighted by atomic mass is 10.1. The molecule has 1 fully saturated rings. The summed E-state index contributed by atoms with van der Waals surface area (Å²) in [6, 6.07) is 16.0. The van der Waals surface area contributed by atoms with Crippen LogP contribution in [0.5, 0.6) is 5.75 Å². The van der Waals surface area contributed by atoms with Gasteiger partial charge in [0.25, 0.3) is 0 Å². The highest BCUT2D eigenvalue weighted by Gasteiger charge is 2.29. The molecule has 1 heterocycles.